The minimum atomic E-state index is -4.71. The first-order chi connectivity index (χ1) is 25.8. The maximum absolute atomic E-state index is 14.4. The Labute approximate surface area is 332 Å². The fourth-order valence-corrected chi connectivity index (χ4v) is 13.1. The van der Waals surface area contributed by atoms with Gasteiger partial charge in [0.2, 0.25) is 0 Å². The van der Waals surface area contributed by atoms with E-state index in [9.17, 15) is 35.9 Å². The number of alkyl halides is 6. The molecule has 0 heterocycles. The molecule has 3 saturated carbocycles. The van der Waals surface area contributed by atoms with Gasteiger partial charge in [-0.3, -0.25) is 9.59 Å². The predicted octanol–water partition coefficient (Wildman–Crippen LogP) is 9.01. The van der Waals surface area contributed by atoms with Crippen molar-refractivity contribution < 1.29 is 72.0 Å². The van der Waals surface area contributed by atoms with E-state index in [0.717, 1.165) is 0 Å². The number of hydrogen-bond acceptors (Lipinski definition) is 10. The summed E-state index contributed by atoms with van der Waals surface area (Å²) in [6, 6.07) is 0. The molecule has 7 unspecified atom stereocenters. The number of rotatable bonds is 15. The molecule has 0 saturated heterocycles. The van der Waals surface area contributed by atoms with Gasteiger partial charge in [-0.05, 0) is 133 Å². The minimum absolute atomic E-state index is 0.149. The molecule has 4 rings (SSSR count). The van der Waals surface area contributed by atoms with Crippen LogP contribution in [0.15, 0.2) is 12.2 Å². The van der Waals surface area contributed by atoms with E-state index in [1.54, 1.807) is 68.4 Å². The average molecular weight is 853 g/mol. The highest BCUT2D eigenvalue weighted by Gasteiger charge is 2.77. The van der Waals surface area contributed by atoms with Crippen LogP contribution in [-0.2, 0) is 45.6 Å². The molecule has 0 aromatic heterocycles. The lowest BCUT2D eigenvalue weighted by molar-refractivity contribution is -0.254. The molecule has 3 fully saturated rings. The minimum Gasteiger partial charge on any atom is -0.459 e. The number of allylic oxidation sites excluding steroid dienone is 2. The van der Waals surface area contributed by atoms with Gasteiger partial charge < -0.3 is 36.0 Å². The van der Waals surface area contributed by atoms with Crippen molar-refractivity contribution >= 4 is 30.3 Å². The average Bonchev–Trinajstić information content (AvgIpc) is 3.85. The summed E-state index contributed by atoms with van der Waals surface area (Å²) >= 11 is 0. The van der Waals surface area contributed by atoms with Gasteiger partial charge in [-0.15, -0.1) is 0 Å². The van der Waals surface area contributed by atoms with Gasteiger partial charge in [0.1, 0.15) is 11.2 Å². The first-order valence-corrected chi connectivity index (χ1v) is 23.0. The van der Waals surface area contributed by atoms with Crippen LogP contribution in [0.1, 0.15) is 115 Å². The number of ether oxygens (including phenoxy) is 2. The Kier molecular flexibility index (Phi) is 18.2. The van der Waals surface area contributed by atoms with Gasteiger partial charge in [-0.2, -0.15) is 26.3 Å². The third kappa shape index (κ3) is 11.8. The van der Waals surface area contributed by atoms with Crippen molar-refractivity contribution in [3.8, 4) is 0 Å². The molecular weight excluding hydrogens is 787 g/mol. The molecule has 18 heteroatoms. The smallest absolute Gasteiger partial charge is 0.459 e. The molecule has 0 aliphatic heterocycles. The lowest BCUT2D eigenvalue weighted by atomic mass is 9.72. The van der Waals surface area contributed by atoms with Crippen LogP contribution in [0, 0.1) is 34.5 Å². The summed E-state index contributed by atoms with van der Waals surface area (Å²) in [6.45, 7) is 23.5. The van der Waals surface area contributed by atoms with Crippen molar-refractivity contribution in [3.63, 3.8) is 0 Å². The molecule has 0 aromatic rings. The van der Waals surface area contributed by atoms with E-state index in [4.69, 9.17) is 36.0 Å². The first-order valence-electron chi connectivity index (χ1n) is 19.8. The number of hydrogen-bond donors (Lipinski definition) is 0. The molecule has 7 atom stereocenters. The Morgan fingerprint density at radius 3 is 1.36 bits per heavy atom. The van der Waals surface area contributed by atoms with Crippen LogP contribution < -0.4 is 0 Å². The van der Waals surface area contributed by atoms with Crippen LogP contribution in [0.5, 0.6) is 0 Å². The standard InChI is InChI=1S/C19H33F3O5Si.C13H17F3O2.C6H16O3Si/c1-7-24-28(25-8-2,26-9-3)15-11-13-10-14(15)18(12-13,19(20,21)22)16(23)27-17(4,5)6;1-11(2,3)18-10(17)12(13(14,15)16)7-8-4-5-9(12)6-8;1-4-7-10(8-5-2)9-6-3/h13-15H,7-12H2,1-6H3;4-5,8-9H,6-7H2,1-3H3;10H,4-6H2,1-3H3. The van der Waals surface area contributed by atoms with Crippen LogP contribution in [0.25, 0.3) is 0 Å². The maximum Gasteiger partial charge on any atom is 0.504 e. The highest BCUT2D eigenvalue weighted by atomic mass is 28.4. The monoisotopic (exact) mass is 852 g/mol. The molecule has 4 aliphatic rings. The zero-order valence-corrected chi connectivity index (χ0v) is 37.4. The number of carbonyl (C=O) groups excluding carboxylic acids is 2. The van der Waals surface area contributed by atoms with Crippen molar-refractivity contribution in [2.45, 2.75) is 144 Å². The normalized spacial score (nSPS) is 28.5. The Hall–Kier alpha value is -1.55. The zero-order chi connectivity index (χ0) is 43.0. The molecule has 0 aromatic carbocycles. The quantitative estimate of drug-likeness (QED) is 0.0686. The van der Waals surface area contributed by atoms with E-state index < -0.39 is 82.0 Å². The van der Waals surface area contributed by atoms with Crippen molar-refractivity contribution in [1.82, 2.24) is 0 Å². The van der Waals surface area contributed by atoms with Crippen molar-refractivity contribution in [2.75, 3.05) is 39.6 Å². The lowest BCUT2D eigenvalue weighted by Crippen LogP contribution is -2.59. The van der Waals surface area contributed by atoms with Gasteiger partial charge in [0, 0.05) is 51.1 Å². The molecule has 0 amide bonds. The molecule has 4 bridgehead atoms. The SMILES string of the molecule is CC(C)(C)OC(=O)C1(C(F)(F)F)CC2C=CC1C2.CCO[SiH](OCC)OCC.CCO[Si](OCC)(OCC)C1CC2CC1C(C(=O)OC(C)(C)C)(C(F)(F)F)C2. The second kappa shape index (κ2) is 20.1. The first kappa shape index (κ1) is 50.6. The van der Waals surface area contributed by atoms with Crippen LogP contribution in [0.3, 0.4) is 0 Å². The summed E-state index contributed by atoms with van der Waals surface area (Å²) in [6.07, 6.45) is -5.14. The van der Waals surface area contributed by atoms with E-state index in [1.165, 1.54) is 6.08 Å². The summed E-state index contributed by atoms with van der Waals surface area (Å²) < 4.78 is 127. The fraction of sp³-hybridized carbons (Fsp3) is 0.895. The summed E-state index contributed by atoms with van der Waals surface area (Å²) in [5, 5.41) is 0. The van der Waals surface area contributed by atoms with Gasteiger partial charge in [0.25, 0.3) is 0 Å². The zero-order valence-electron chi connectivity index (χ0n) is 35.2. The molecule has 0 radical (unpaired) electrons. The van der Waals surface area contributed by atoms with Crippen LogP contribution in [-0.4, -0.2) is 93.5 Å². The van der Waals surface area contributed by atoms with Gasteiger partial charge in [0.15, 0.2) is 10.8 Å². The van der Waals surface area contributed by atoms with Crippen molar-refractivity contribution in [3.05, 3.63) is 12.2 Å². The highest BCUT2D eigenvalue weighted by molar-refractivity contribution is 6.62. The van der Waals surface area contributed by atoms with Gasteiger partial charge in [0.05, 0.1) is 0 Å². The Bertz CT molecular complexity index is 1260. The number of carbonyl (C=O) groups is 2. The molecule has 0 spiro atoms. The highest BCUT2D eigenvalue weighted by Crippen LogP contribution is 2.69. The maximum atomic E-state index is 14.4. The van der Waals surface area contributed by atoms with Crippen LogP contribution in [0.4, 0.5) is 26.3 Å². The molecule has 328 valence electrons. The van der Waals surface area contributed by atoms with E-state index in [2.05, 4.69) is 0 Å². The van der Waals surface area contributed by atoms with Gasteiger partial charge in [-0.1, -0.05) is 12.2 Å². The van der Waals surface area contributed by atoms with E-state index in [0.29, 0.717) is 39.1 Å². The molecular formula is C38H66F6O10Si2. The predicted molar refractivity (Wildman–Crippen MR) is 201 cm³/mol. The summed E-state index contributed by atoms with van der Waals surface area (Å²) in [4.78, 5) is 25.0. The van der Waals surface area contributed by atoms with Gasteiger partial charge in [-0.25, -0.2) is 0 Å². The largest absolute Gasteiger partial charge is 0.504 e. The lowest BCUT2D eigenvalue weighted by Gasteiger charge is -2.45. The number of esters is 2. The van der Waals surface area contributed by atoms with Crippen molar-refractivity contribution in [2.24, 2.45) is 34.5 Å². The van der Waals surface area contributed by atoms with Crippen molar-refractivity contribution in [1.29, 1.82) is 0 Å². The Balaban J connectivity index is 0.000000329. The third-order valence-corrected chi connectivity index (χ3v) is 15.7. The van der Waals surface area contributed by atoms with Gasteiger partial charge >= 0.3 is 42.6 Å². The Morgan fingerprint density at radius 1 is 0.625 bits per heavy atom. The fourth-order valence-electron chi connectivity index (χ4n) is 8.40. The number of fused-ring (bicyclic) bond motifs is 4. The Morgan fingerprint density at radius 2 is 1.05 bits per heavy atom. The molecule has 4 aliphatic carbocycles. The molecule has 0 N–H and O–H groups in total. The molecule has 10 nitrogen and oxygen atoms in total. The van der Waals surface area contributed by atoms with Crippen LogP contribution >= 0.6 is 0 Å². The summed E-state index contributed by atoms with van der Waals surface area (Å²) in [7, 11) is -5.13. The number of halogens is 6. The van der Waals surface area contributed by atoms with E-state index >= 15 is 0 Å². The second-order valence-electron chi connectivity index (χ2n) is 16.4. The van der Waals surface area contributed by atoms with E-state index in [1.807, 2.05) is 20.8 Å². The third-order valence-electron chi connectivity index (χ3n) is 10.2. The second-order valence-corrected chi connectivity index (χ2v) is 20.8. The van der Waals surface area contributed by atoms with E-state index in [-0.39, 0.29) is 44.5 Å². The summed E-state index contributed by atoms with van der Waals surface area (Å²) in [5.74, 6) is -4.40. The molecule has 56 heavy (non-hydrogen) atoms. The topological polar surface area (TPSA) is 108 Å². The van der Waals surface area contributed by atoms with Crippen LogP contribution in [0.2, 0.25) is 5.54 Å². The summed E-state index contributed by atoms with van der Waals surface area (Å²) in [5.41, 5.74) is -7.33.